The number of aromatic amines is 1. The maximum absolute atomic E-state index is 13.4. The molecule has 0 amide bonds. The predicted octanol–water partition coefficient (Wildman–Crippen LogP) is 7.34. The molecule has 2 nitrogen and oxygen atoms in total. The second-order valence-corrected chi connectivity index (χ2v) is 7.34. The van der Waals surface area contributed by atoms with Crippen LogP contribution < -0.4 is 0 Å². The van der Waals surface area contributed by atoms with Gasteiger partial charge in [0.15, 0.2) is 0 Å². The summed E-state index contributed by atoms with van der Waals surface area (Å²) in [6, 6.07) is 23.0. The lowest BCUT2D eigenvalue weighted by Crippen LogP contribution is -1.82. The van der Waals surface area contributed by atoms with Crippen LogP contribution in [0.15, 0.2) is 78.9 Å². The molecule has 0 aliphatic heterocycles. The summed E-state index contributed by atoms with van der Waals surface area (Å²) in [6.45, 7) is 0. The van der Waals surface area contributed by atoms with Crippen molar-refractivity contribution in [2.75, 3.05) is 0 Å². The van der Waals surface area contributed by atoms with Crippen LogP contribution in [0.2, 0.25) is 0 Å². The molecule has 0 spiro atoms. The van der Waals surface area contributed by atoms with Crippen LogP contribution in [0.1, 0.15) is 22.4 Å². The van der Waals surface area contributed by atoms with Crippen molar-refractivity contribution >= 4 is 46.2 Å². The molecule has 4 heteroatoms. The van der Waals surface area contributed by atoms with E-state index < -0.39 is 0 Å². The minimum atomic E-state index is -0.261. The van der Waals surface area contributed by atoms with Crippen LogP contribution in [0.4, 0.5) is 8.78 Å². The van der Waals surface area contributed by atoms with Gasteiger partial charge in [0.25, 0.3) is 0 Å². The van der Waals surface area contributed by atoms with E-state index in [1.807, 2.05) is 60.7 Å². The van der Waals surface area contributed by atoms with Crippen molar-refractivity contribution in [2.45, 2.75) is 0 Å². The quantitative estimate of drug-likeness (QED) is 0.310. The van der Waals surface area contributed by atoms with Crippen LogP contribution >= 0.6 is 0 Å². The van der Waals surface area contributed by atoms with Gasteiger partial charge in [-0.15, -0.1) is 0 Å². The summed E-state index contributed by atoms with van der Waals surface area (Å²) in [5.74, 6) is -0.508. The van der Waals surface area contributed by atoms with E-state index in [1.165, 1.54) is 24.3 Å². The molecule has 0 aliphatic carbocycles. The number of nitrogens with zero attached hydrogens (tertiary/aromatic N) is 1. The van der Waals surface area contributed by atoms with E-state index in [-0.39, 0.29) is 11.6 Å². The molecule has 1 N–H and O–H groups in total. The third-order valence-corrected chi connectivity index (χ3v) is 5.12. The molecule has 0 saturated heterocycles. The van der Waals surface area contributed by atoms with E-state index in [9.17, 15) is 8.78 Å². The Morgan fingerprint density at radius 1 is 0.613 bits per heavy atom. The van der Waals surface area contributed by atoms with Crippen molar-refractivity contribution in [1.29, 1.82) is 0 Å². The number of aromatic nitrogens is 2. The summed E-state index contributed by atoms with van der Waals surface area (Å²) >= 11 is 0. The standard InChI is InChI=1S/C27H18F2N2/c28-21-5-1-3-18(15-21)7-8-20-10-14-26-25(17-20)24-13-12-23(30-27(24)31-26)11-9-19-4-2-6-22(29)16-19/h1-17H,(H,30,31). The zero-order chi connectivity index (χ0) is 21.2. The number of hydrogen-bond donors (Lipinski definition) is 1. The largest absolute Gasteiger partial charge is 0.339 e. The minimum Gasteiger partial charge on any atom is -0.339 e. The van der Waals surface area contributed by atoms with Gasteiger partial charge < -0.3 is 4.98 Å². The summed E-state index contributed by atoms with van der Waals surface area (Å²) in [7, 11) is 0. The number of nitrogens with one attached hydrogen (secondary N) is 1. The number of H-pyrrole nitrogens is 1. The molecule has 0 aliphatic rings. The summed E-state index contributed by atoms with van der Waals surface area (Å²) < 4.78 is 26.7. The van der Waals surface area contributed by atoms with Gasteiger partial charge in [0.1, 0.15) is 17.3 Å². The molecule has 0 atom stereocenters. The molecule has 31 heavy (non-hydrogen) atoms. The average Bonchev–Trinajstić information content (AvgIpc) is 3.13. The summed E-state index contributed by atoms with van der Waals surface area (Å²) in [6.07, 6.45) is 7.57. The number of fused-ring (bicyclic) bond motifs is 3. The summed E-state index contributed by atoms with van der Waals surface area (Å²) in [4.78, 5) is 8.04. The second-order valence-electron chi connectivity index (χ2n) is 7.34. The van der Waals surface area contributed by atoms with Crippen LogP contribution in [0.3, 0.4) is 0 Å². The monoisotopic (exact) mass is 408 g/mol. The van der Waals surface area contributed by atoms with Gasteiger partial charge in [0, 0.05) is 16.3 Å². The topological polar surface area (TPSA) is 28.7 Å². The van der Waals surface area contributed by atoms with Crippen molar-refractivity contribution in [3.05, 3.63) is 113 Å². The third-order valence-electron chi connectivity index (χ3n) is 5.12. The first-order valence-electron chi connectivity index (χ1n) is 9.94. The Morgan fingerprint density at radius 2 is 1.26 bits per heavy atom. The van der Waals surface area contributed by atoms with Gasteiger partial charge in [-0.1, -0.05) is 48.6 Å². The van der Waals surface area contributed by atoms with Gasteiger partial charge in [0.2, 0.25) is 0 Å². The van der Waals surface area contributed by atoms with Gasteiger partial charge in [-0.25, -0.2) is 13.8 Å². The number of benzene rings is 3. The van der Waals surface area contributed by atoms with Crippen LogP contribution in [0, 0.1) is 11.6 Å². The molecule has 5 rings (SSSR count). The van der Waals surface area contributed by atoms with Crippen LogP contribution in [-0.2, 0) is 0 Å². The van der Waals surface area contributed by atoms with Gasteiger partial charge in [0.05, 0.1) is 5.69 Å². The first-order chi connectivity index (χ1) is 15.1. The van der Waals surface area contributed by atoms with Gasteiger partial charge >= 0.3 is 0 Å². The molecule has 150 valence electrons. The SMILES string of the molecule is Fc1cccc(C=Cc2ccc3[nH]c4nc(C=Cc5cccc(F)c5)ccc4c3c2)c1. The maximum atomic E-state index is 13.4. The molecule has 2 aromatic heterocycles. The average molecular weight is 408 g/mol. The maximum Gasteiger partial charge on any atom is 0.139 e. The minimum absolute atomic E-state index is 0.248. The van der Waals surface area contributed by atoms with E-state index in [0.29, 0.717) is 0 Å². The Labute approximate surface area is 178 Å². The molecule has 3 aromatic carbocycles. The molecule has 0 fully saturated rings. The van der Waals surface area contributed by atoms with Crippen LogP contribution in [0.5, 0.6) is 0 Å². The second kappa shape index (κ2) is 8.00. The number of hydrogen-bond acceptors (Lipinski definition) is 1. The predicted molar refractivity (Wildman–Crippen MR) is 124 cm³/mol. The first kappa shape index (κ1) is 18.9. The van der Waals surface area contributed by atoms with E-state index in [1.54, 1.807) is 12.1 Å². The fraction of sp³-hybridized carbons (Fsp3) is 0. The Hall–Kier alpha value is -4.05. The lowest BCUT2D eigenvalue weighted by atomic mass is 10.1. The smallest absolute Gasteiger partial charge is 0.139 e. The highest BCUT2D eigenvalue weighted by atomic mass is 19.1. The van der Waals surface area contributed by atoms with Crippen molar-refractivity contribution in [1.82, 2.24) is 9.97 Å². The van der Waals surface area contributed by atoms with Gasteiger partial charge in [-0.05, 0) is 71.3 Å². The van der Waals surface area contributed by atoms with Crippen molar-refractivity contribution < 1.29 is 8.78 Å². The Balaban J connectivity index is 1.46. The Kier molecular flexibility index (Phi) is 4.89. The molecule has 0 saturated carbocycles. The normalized spacial score (nSPS) is 11.9. The first-order valence-corrected chi connectivity index (χ1v) is 9.94. The van der Waals surface area contributed by atoms with Crippen molar-refractivity contribution in [3.63, 3.8) is 0 Å². The molecule has 2 heterocycles. The van der Waals surface area contributed by atoms with Gasteiger partial charge in [-0.2, -0.15) is 0 Å². The van der Waals surface area contributed by atoms with Crippen molar-refractivity contribution in [2.24, 2.45) is 0 Å². The summed E-state index contributed by atoms with van der Waals surface area (Å²) in [5.41, 5.74) is 5.20. The van der Waals surface area contributed by atoms with E-state index >= 15 is 0 Å². The molecule has 5 aromatic rings. The molecular weight excluding hydrogens is 390 g/mol. The fourth-order valence-electron chi connectivity index (χ4n) is 3.60. The molecule has 0 unspecified atom stereocenters. The van der Waals surface area contributed by atoms with E-state index in [2.05, 4.69) is 16.0 Å². The van der Waals surface area contributed by atoms with E-state index in [0.717, 1.165) is 44.3 Å². The Bertz CT molecular complexity index is 1460. The Morgan fingerprint density at radius 3 is 1.94 bits per heavy atom. The zero-order valence-electron chi connectivity index (χ0n) is 16.5. The van der Waals surface area contributed by atoms with Crippen molar-refractivity contribution in [3.8, 4) is 0 Å². The zero-order valence-corrected chi connectivity index (χ0v) is 16.5. The highest BCUT2D eigenvalue weighted by Crippen LogP contribution is 2.26. The molecule has 0 radical (unpaired) electrons. The summed E-state index contributed by atoms with van der Waals surface area (Å²) in [5, 5.41) is 2.10. The highest BCUT2D eigenvalue weighted by molar-refractivity contribution is 6.06. The number of halogens is 2. The fourth-order valence-corrected chi connectivity index (χ4v) is 3.60. The molecule has 0 bridgehead atoms. The lowest BCUT2D eigenvalue weighted by molar-refractivity contribution is 0.627. The van der Waals surface area contributed by atoms with Crippen LogP contribution in [-0.4, -0.2) is 9.97 Å². The third kappa shape index (κ3) is 4.14. The number of pyridine rings is 1. The van der Waals surface area contributed by atoms with E-state index in [4.69, 9.17) is 0 Å². The molecular formula is C27H18F2N2. The van der Waals surface area contributed by atoms with Crippen LogP contribution in [0.25, 0.3) is 46.2 Å². The highest BCUT2D eigenvalue weighted by Gasteiger charge is 2.06. The van der Waals surface area contributed by atoms with Gasteiger partial charge in [-0.3, -0.25) is 0 Å². The number of rotatable bonds is 4. The lowest BCUT2D eigenvalue weighted by Gasteiger charge is -1.97.